The molecule has 0 aromatic rings. The lowest BCUT2D eigenvalue weighted by atomic mass is 10.1. The van der Waals surface area contributed by atoms with Gasteiger partial charge in [-0.1, -0.05) is 75.0 Å². The van der Waals surface area contributed by atoms with Crippen molar-refractivity contribution < 1.29 is 9.47 Å². The first-order valence-electron chi connectivity index (χ1n) is 13.4. The Morgan fingerprint density at radius 1 is 0.594 bits per heavy atom. The molecule has 0 N–H and O–H groups in total. The fourth-order valence-corrected chi connectivity index (χ4v) is 3.89. The maximum absolute atomic E-state index is 5.40. The van der Waals surface area contributed by atoms with Crippen LogP contribution in [-0.2, 0) is 9.47 Å². The average molecular weight is 443 g/mol. The second-order valence-electron chi connectivity index (χ2n) is 8.97. The molecular weight excluding hydrogens is 392 g/mol. The van der Waals surface area contributed by atoms with Crippen molar-refractivity contribution in [3.63, 3.8) is 0 Å². The highest BCUT2D eigenvalue weighted by Gasteiger charge is 2.16. The molecule has 2 nitrogen and oxygen atoms in total. The molecule has 1 unspecified atom stereocenters. The van der Waals surface area contributed by atoms with E-state index in [1.165, 1.54) is 109 Å². The monoisotopic (exact) mass is 442 g/mol. The lowest BCUT2D eigenvalue weighted by Crippen LogP contribution is -2.03. The van der Waals surface area contributed by atoms with Gasteiger partial charge in [-0.05, 0) is 89.7 Å². The number of ether oxygens (including phenoxy) is 2. The van der Waals surface area contributed by atoms with Gasteiger partial charge >= 0.3 is 0 Å². The fourth-order valence-electron chi connectivity index (χ4n) is 3.89. The number of rotatable bonds is 22. The second kappa shape index (κ2) is 22.5. The molecular formula is C30H50O2. The molecule has 1 fully saturated rings. The number of hydrogen-bond acceptors (Lipinski definition) is 2. The minimum atomic E-state index is 0.0712. The van der Waals surface area contributed by atoms with Gasteiger partial charge in [0.05, 0.1) is 0 Å². The van der Waals surface area contributed by atoms with Crippen molar-refractivity contribution in [3.05, 3.63) is 61.6 Å². The summed E-state index contributed by atoms with van der Waals surface area (Å²) in [5.41, 5.74) is 0. The Balaban J connectivity index is 1.73. The Morgan fingerprint density at radius 2 is 1.00 bits per heavy atom. The van der Waals surface area contributed by atoms with Crippen LogP contribution in [0.2, 0.25) is 0 Å². The van der Waals surface area contributed by atoms with Crippen LogP contribution < -0.4 is 0 Å². The van der Waals surface area contributed by atoms with E-state index in [4.69, 9.17) is 9.47 Å². The van der Waals surface area contributed by atoms with E-state index in [9.17, 15) is 0 Å². The highest BCUT2D eigenvalue weighted by atomic mass is 16.7. The van der Waals surface area contributed by atoms with Crippen LogP contribution in [0.25, 0.3) is 0 Å². The van der Waals surface area contributed by atoms with Crippen LogP contribution in [-0.4, -0.2) is 12.7 Å². The second-order valence-corrected chi connectivity index (χ2v) is 8.97. The molecule has 0 saturated carbocycles. The van der Waals surface area contributed by atoms with E-state index < -0.39 is 0 Å². The van der Waals surface area contributed by atoms with Gasteiger partial charge in [0, 0.05) is 0 Å². The summed E-state index contributed by atoms with van der Waals surface area (Å²) in [6.07, 6.45) is 39.4. The third kappa shape index (κ3) is 19.0. The number of allylic oxidation sites excluding steroid dienone is 6. The fraction of sp³-hybridized carbons (Fsp3) is 0.667. The molecule has 0 bridgehead atoms. The van der Waals surface area contributed by atoms with Gasteiger partial charge in [-0.3, -0.25) is 0 Å². The summed E-state index contributed by atoms with van der Waals surface area (Å²) < 4.78 is 10.6. The average Bonchev–Trinajstić information content (AvgIpc) is 3.21. The molecule has 0 spiro atoms. The van der Waals surface area contributed by atoms with Crippen molar-refractivity contribution >= 4 is 0 Å². The van der Waals surface area contributed by atoms with Crippen LogP contribution in [0.3, 0.4) is 0 Å². The van der Waals surface area contributed by atoms with Gasteiger partial charge in [-0.2, -0.15) is 0 Å². The predicted octanol–water partition coefficient (Wildman–Crippen LogP) is 9.75. The van der Waals surface area contributed by atoms with E-state index >= 15 is 0 Å². The van der Waals surface area contributed by atoms with Gasteiger partial charge in [0.25, 0.3) is 5.95 Å². The third-order valence-electron chi connectivity index (χ3n) is 5.89. The molecule has 2 heteroatoms. The molecule has 0 amide bonds. The van der Waals surface area contributed by atoms with Crippen LogP contribution in [0.1, 0.15) is 116 Å². The molecule has 0 aromatic heterocycles. The lowest BCUT2D eigenvalue weighted by Gasteiger charge is -2.00. The molecule has 1 aliphatic heterocycles. The zero-order valence-corrected chi connectivity index (χ0v) is 20.8. The normalized spacial score (nSPS) is 16.4. The first kappa shape index (κ1) is 28.3. The van der Waals surface area contributed by atoms with Gasteiger partial charge in [0.1, 0.15) is 6.61 Å². The van der Waals surface area contributed by atoms with Gasteiger partial charge in [-0.15, -0.1) is 6.58 Å². The van der Waals surface area contributed by atoms with E-state index in [1.807, 2.05) is 6.08 Å². The van der Waals surface area contributed by atoms with Crippen molar-refractivity contribution in [2.75, 3.05) is 6.61 Å². The van der Waals surface area contributed by atoms with E-state index in [-0.39, 0.29) is 6.10 Å². The summed E-state index contributed by atoms with van der Waals surface area (Å²) in [7, 11) is 0. The van der Waals surface area contributed by atoms with Crippen LogP contribution in [0, 0.1) is 0 Å². The Labute approximate surface area is 199 Å². The molecule has 0 aliphatic carbocycles. The Hall–Kier alpha value is -1.70. The van der Waals surface area contributed by atoms with Crippen molar-refractivity contribution in [1.29, 1.82) is 0 Å². The van der Waals surface area contributed by atoms with Crippen LogP contribution in [0.5, 0.6) is 0 Å². The summed E-state index contributed by atoms with van der Waals surface area (Å²) in [6.45, 7) is 8.04. The van der Waals surface area contributed by atoms with Gasteiger partial charge < -0.3 is 9.47 Å². The van der Waals surface area contributed by atoms with E-state index in [2.05, 4.69) is 49.6 Å². The molecule has 1 saturated heterocycles. The van der Waals surface area contributed by atoms with E-state index in [1.54, 1.807) is 0 Å². The predicted molar refractivity (Wildman–Crippen MR) is 141 cm³/mol. The molecule has 32 heavy (non-hydrogen) atoms. The minimum Gasteiger partial charge on any atom is -0.462 e. The Morgan fingerprint density at radius 3 is 1.38 bits per heavy atom. The van der Waals surface area contributed by atoms with Crippen molar-refractivity contribution in [3.8, 4) is 0 Å². The van der Waals surface area contributed by atoms with Crippen LogP contribution >= 0.6 is 0 Å². The van der Waals surface area contributed by atoms with Gasteiger partial charge in [0.2, 0.25) is 0 Å². The molecule has 1 atom stereocenters. The Bertz CT molecular complexity index is 529. The minimum absolute atomic E-state index is 0.0712. The number of unbranched alkanes of at least 4 members (excludes halogenated alkanes) is 15. The molecule has 182 valence electrons. The van der Waals surface area contributed by atoms with Crippen LogP contribution in [0.4, 0.5) is 0 Å². The summed E-state index contributed by atoms with van der Waals surface area (Å²) in [4.78, 5) is 0. The first-order chi connectivity index (χ1) is 15.8. The zero-order valence-electron chi connectivity index (χ0n) is 20.8. The van der Waals surface area contributed by atoms with E-state index in [0.717, 1.165) is 6.42 Å². The molecule has 1 rings (SSSR count). The summed E-state index contributed by atoms with van der Waals surface area (Å²) in [5.74, 6) is 0.451. The van der Waals surface area contributed by atoms with Gasteiger partial charge in [0.15, 0.2) is 6.10 Å². The zero-order chi connectivity index (χ0) is 23.0. The first-order valence-corrected chi connectivity index (χ1v) is 13.4. The van der Waals surface area contributed by atoms with Crippen molar-refractivity contribution in [2.45, 2.75) is 122 Å². The molecule has 0 aromatic carbocycles. The van der Waals surface area contributed by atoms with Gasteiger partial charge in [-0.25, -0.2) is 0 Å². The lowest BCUT2D eigenvalue weighted by molar-refractivity contribution is 0.162. The summed E-state index contributed by atoms with van der Waals surface area (Å²) in [5, 5.41) is 0. The maximum atomic E-state index is 5.40. The Kier molecular flexibility index (Phi) is 19.9. The standard InChI is InChI=1S/C30H50O2/c1-3-4-5-6-7-8-9-10-11-12-13-14-15-16-17-18-19-20-21-22-23-24-25-26-27-30-28-31-29(2)32-30/h3,10-11,18-19,26-27,30H,1-2,4-9,12-17,20-25,28H2/b11-10+,19-18+,27-26+. The van der Waals surface area contributed by atoms with Crippen molar-refractivity contribution in [2.24, 2.45) is 0 Å². The summed E-state index contributed by atoms with van der Waals surface area (Å²) in [6, 6.07) is 0. The summed E-state index contributed by atoms with van der Waals surface area (Å²) >= 11 is 0. The maximum Gasteiger partial charge on any atom is 0.272 e. The van der Waals surface area contributed by atoms with Crippen molar-refractivity contribution in [1.82, 2.24) is 0 Å². The van der Waals surface area contributed by atoms with Crippen LogP contribution in [0.15, 0.2) is 61.6 Å². The quantitative estimate of drug-likeness (QED) is 0.123. The van der Waals surface area contributed by atoms with E-state index in [0.29, 0.717) is 12.6 Å². The third-order valence-corrected chi connectivity index (χ3v) is 5.89. The largest absolute Gasteiger partial charge is 0.462 e. The molecule has 1 aliphatic rings. The highest BCUT2D eigenvalue weighted by molar-refractivity contribution is 4.95. The highest BCUT2D eigenvalue weighted by Crippen LogP contribution is 2.15. The molecule has 1 heterocycles. The number of hydrogen-bond donors (Lipinski definition) is 0. The SMILES string of the molecule is C=CCCCCCC/C=C/CCCCCC/C=C/CCCCCC/C=C/C1COC(=C)O1. The molecule has 0 radical (unpaired) electrons. The topological polar surface area (TPSA) is 18.5 Å². The smallest absolute Gasteiger partial charge is 0.272 e.